The predicted molar refractivity (Wildman–Crippen MR) is 77.3 cm³/mol. The van der Waals surface area contributed by atoms with Crippen molar-refractivity contribution < 1.29 is 14.4 Å². The minimum atomic E-state index is -0.404. The summed E-state index contributed by atoms with van der Waals surface area (Å²) in [5, 5.41) is 2.69. The maximum atomic E-state index is 12.2. The van der Waals surface area contributed by atoms with E-state index >= 15 is 0 Å². The molecule has 5 nitrogen and oxygen atoms in total. The first-order chi connectivity index (χ1) is 10.1. The molecule has 0 saturated carbocycles. The highest BCUT2D eigenvalue weighted by atomic mass is 16.2. The Balaban J connectivity index is 1.97. The molecule has 0 unspecified atom stereocenters. The monoisotopic (exact) mass is 280 g/mol. The molecule has 21 heavy (non-hydrogen) atoms. The van der Waals surface area contributed by atoms with Gasteiger partial charge in [0.1, 0.15) is 0 Å². The molecule has 1 heterocycles. The van der Waals surface area contributed by atoms with Gasteiger partial charge in [0.05, 0.1) is 16.8 Å². The SMILES string of the molecule is CN1C(=O)c2cccc(NC(=O)c3ccccc3)c2C1=O. The van der Waals surface area contributed by atoms with E-state index in [-0.39, 0.29) is 17.4 Å². The number of hydrogen-bond acceptors (Lipinski definition) is 3. The van der Waals surface area contributed by atoms with Gasteiger partial charge in [-0.2, -0.15) is 0 Å². The Kier molecular flexibility index (Phi) is 3.02. The molecule has 2 aromatic carbocycles. The second-order valence-corrected chi connectivity index (χ2v) is 4.72. The Hall–Kier alpha value is -2.95. The van der Waals surface area contributed by atoms with Crippen molar-refractivity contribution in [3.8, 4) is 0 Å². The zero-order valence-corrected chi connectivity index (χ0v) is 11.3. The summed E-state index contributed by atoms with van der Waals surface area (Å²) in [5.41, 5.74) is 1.40. The molecule has 104 valence electrons. The van der Waals surface area contributed by atoms with Gasteiger partial charge in [0.2, 0.25) is 0 Å². The maximum absolute atomic E-state index is 12.2. The van der Waals surface area contributed by atoms with Crippen molar-refractivity contribution in [1.82, 2.24) is 4.90 Å². The first kappa shape index (κ1) is 13.1. The van der Waals surface area contributed by atoms with Gasteiger partial charge in [-0.05, 0) is 24.3 Å². The normalized spacial score (nSPS) is 13.3. The van der Waals surface area contributed by atoms with E-state index in [0.29, 0.717) is 16.8 Å². The molecule has 3 rings (SSSR count). The van der Waals surface area contributed by atoms with Crippen molar-refractivity contribution in [1.29, 1.82) is 0 Å². The number of nitrogens with zero attached hydrogens (tertiary/aromatic N) is 1. The fraction of sp³-hybridized carbons (Fsp3) is 0.0625. The largest absolute Gasteiger partial charge is 0.321 e. The molecule has 0 bridgehead atoms. The molecule has 3 amide bonds. The summed E-state index contributed by atoms with van der Waals surface area (Å²) in [6.07, 6.45) is 0. The summed E-state index contributed by atoms with van der Waals surface area (Å²) in [6.45, 7) is 0. The van der Waals surface area contributed by atoms with E-state index < -0.39 is 5.91 Å². The molecule has 0 saturated heterocycles. The van der Waals surface area contributed by atoms with Crippen molar-refractivity contribution in [3.63, 3.8) is 0 Å². The van der Waals surface area contributed by atoms with Crippen LogP contribution in [0.1, 0.15) is 31.1 Å². The predicted octanol–water partition coefficient (Wildman–Crippen LogP) is 2.16. The first-order valence-electron chi connectivity index (χ1n) is 6.41. The lowest BCUT2D eigenvalue weighted by Gasteiger charge is -2.08. The highest BCUT2D eigenvalue weighted by Gasteiger charge is 2.35. The second kappa shape index (κ2) is 4.86. The summed E-state index contributed by atoms with van der Waals surface area (Å²) in [5.74, 6) is -1.08. The van der Waals surface area contributed by atoms with Crippen LogP contribution in [-0.4, -0.2) is 29.7 Å². The fourth-order valence-electron chi connectivity index (χ4n) is 2.29. The molecule has 0 fully saturated rings. The van der Waals surface area contributed by atoms with E-state index in [1.165, 1.54) is 7.05 Å². The van der Waals surface area contributed by atoms with Crippen LogP contribution >= 0.6 is 0 Å². The molecule has 1 aliphatic rings. The van der Waals surface area contributed by atoms with Crippen molar-refractivity contribution in [2.24, 2.45) is 0 Å². The molecule has 5 heteroatoms. The number of anilines is 1. The smallest absolute Gasteiger partial charge is 0.263 e. The van der Waals surface area contributed by atoms with Gasteiger partial charge in [0.25, 0.3) is 17.7 Å². The number of carbonyl (C=O) groups excluding carboxylic acids is 3. The third-order valence-electron chi connectivity index (χ3n) is 3.40. The van der Waals surface area contributed by atoms with Gasteiger partial charge in [-0.1, -0.05) is 24.3 Å². The third kappa shape index (κ3) is 2.08. The molecule has 0 atom stereocenters. The minimum absolute atomic E-state index is 0.245. The first-order valence-corrected chi connectivity index (χ1v) is 6.41. The Morgan fingerprint density at radius 1 is 0.952 bits per heavy atom. The number of rotatable bonds is 2. The van der Waals surface area contributed by atoms with Crippen LogP contribution < -0.4 is 5.32 Å². The highest BCUT2D eigenvalue weighted by Crippen LogP contribution is 2.28. The van der Waals surface area contributed by atoms with Gasteiger partial charge < -0.3 is 5.32 Å². The Labute approximate surface area is 121 Å². The summed E-state index contributed by atoms with van der Waals surface area (Å²) in [7, 11) is 1.42. The van der Waals surface area contributed by atoms with Crippen molar-refractivity contribution in [2.45, 2.75) is 0 Å². The molecular formula is C16H12N2O3. The van der Waals surface area contributed by atoms with Gasteiger partial charge in [0, 0.05) is 12.6 Å². The lowest BCUT2D eigenvalue weighted by Crippen LogP contribution is -2.24. The summed E-state index contributed by atoms with van der Waals surface area (Å²) >= 11 is 0. The average Bonchev–Trinajstić information content (AvgIpc) is 2.74. The van der Waals surface area contributed by atoms with Gasteiger partial charge >= 0.3 is 0 Å². The number of carbonyl (C=O) groups is 3. The lowest BCUT2D eigenvalue weighted by atomic mass is 10.1. The lowest BCUT2D eigenvalue weighted by molar-refractivity contribution is 0.0693. The van der Waals surface area contributed by atoms with Gasteiger partial charge in [0.15, 0.2) is 0 Å². The summed E-state index contributed by atoms with van der Waals surface area (Å²) < 4.78 is 0. The van der Waals surface area contributed by atoms with Gasteiger partial charge in [-0.3, -0.25) is 19.3 Å². The number of imide groups is 1. The minimum Gasteiger partial charge on any atom is -0.321 e. The number of hydrogen-bond donors (Lipinski definition) is 1. The Bertz CT molecular complexity index is 753. The third-order valence-corrected chi connectivity index (χ3v) is 3.40. The van der Waals surface area contributed by atoms with E-state index in [9.17, 15) is 14.4 Å². The Morgan fingerprint density at radius 2 is 1.67 bits per heavy atom. The van der Waals surface area contributed by atoms with Crippen molar-refractivity contribution in [2.75, 3.05) is 12.4 Å². The number of benzene rings is 2. The zero-order valence-electron chi connectivity index (χ0n) is 11.3. The molecule has 0 spiro atoms. The molecule has 0 radical (unpaired) electrons. The molecule has 1 N–H and O–H groups in total. The van der Waals surface area contributed by atoms with Crippen LogP contribution in [0.2, 0.25) is 0 Å². The van der Waals surface area contributed by atoms with Crippen LogP contribution in [0.3, 0.4) is 0 Å². The Morgan fingerprint density at radius 3 is 2.38 bits per heavy atom. The van der Waals surface area contributed by atoms with Gasteiger partial charge in [-0.15, -0.1) is 0 Å². The van der Waals surface area contributed by atoms with E-state index in [4.69, 9.17) is 0 Å². The molecule has 0 aliphatic carbocycles. The van der Waals surface area contributed by atoms with Crippen molar-refractivity contribution >= 4 is 23.4 Å². The van der Waals surface area contributed by atoms with Crippen LogP contribution in [0.5, 0.6) is 0 Å². The fourth-order valence-corrected chi connectivity index (χ4v) is 2.29. The standard InChI is InChI=1S/C16H12N2O3/c1-18-15(20)11-8-5-9-12(13(11)16(18)21)17-14(19)10-6-3-2-4-7-10/h2-9H,1H3,(H,17,19). The quantitative estimate of drug-likeness (QED) is 0.857. The average molecular weight is 280 g/mol. The van der Waals surface area contributed by atoms with Crippen LogP contribution in [0.25, 0.3) is 0 Å². The zero-order chi connectivity index (χ0) is 15.0. The van der Waals surface area contributed by atoms with E-state index in [0.717, 1.165) is 4.90 Å². The second-order valence-electron chi connectivity index (χ2n) is 4.72. The summed E-state index contributed by atoms with van der Waals surface area (Å²) in [4.78, 5) is 37.2. The van der Waals surface area contributed by atoms with Crippen LogP contribution in [0, 0.1) is 0 Å². The van der Waals surface area contributed by atoms with E-state index in [1.807, 2.05) is 6.07 Å². The van der Waals surface area contributed by atoms with Crippen LogP contribution in [-0.2, 0) is 0 Å². The summed E-state index contributed by atoms with van der Waals surface area (Å²) in [6, 6.07) is 13.5. The molecular weight excluding hydrogens is 268 g/mol. The van der Waals surface area contributed by atoms with Crippen LogP contribution in [0.4, 0.5) is 5.69 Å². The topological polar surface area (TPSA) is 66.5 Å². The number of fused-ring (bicyclic) bond motifs is 1. The van der Waals surface area contributed by atoms with E-state index in [1.54, 1.807) is 42.5 Å². The van der Waals surface area contributed by atoms with Gasteiger partial charge in [-0.25, -0.2) is 0 Å². The van der Waals surface area contributed by atoms with Crippen LogP contribution in [0.15, 0.2) is 48.5 Å². The number of amides is 3. The molecule has 0 aromatic heterocycles. The molecule has 2 aromatic rings. The highest BCUT2D eigenvalue weighted by molar-refractivity contribution is 6.24. The maximum Gasteiger partial charge on any atom is 0.263 e. The number of nitrogens with one attached hydrogen (secondary N) is 1. The van der Waals surface area contributed by atoms with Crippen molar-refractivity contribution in [3.05, 3.63) is 65.2 Å². The van der Waals surface area contributed by atoms with E-state index in [2.05, 4.69) is 5.32 Å². The molecule has 1 aliphatic heterocycles.